The summed E-state index contributed by atoms with van der Waals surface area (Å²) in [6.45, 7) is 0. The van der Waals surface area contributed by atoms with E-state index in [1.807, 2.05) is 0 Å². The highest BCUT2D eigenvalue weighted by Crippen LogP contribution is 2.43. The molecule has 12 rings (SSSR count). The molecule has 0 N–H and O–H groups in total. The van der Waals surface area contributed by atoms with Gasteiger partial charge in [0.1, 0.15) is 0 Å². The average molecular weight is 791 g/mol. The maximum atomic E-state index is 2.51. The van der Waals surface area contributed by atoms with Gasteiger partial charge in [-0.2, -0.15) is 0 Å². The molecular formula is C60H42N2. The first-order chi connectivity index (χ1) is 30.7. The van der Waals surface area contributed by atoms with E-state index in [4.69, 9.17) is 0 Å². The summed E-state index contributed by atoms with van der Waals surface area (Å²) < 4.78 is 5.01. The number of hydrogen-bond acceptors (Lipinski definition) is 0. The zero-order valence-corrected chi connectivity index (χ0v) is 34.2. The first-order valence-corrected chi connectivity index (χ1v) is 21.6. The summed E-state index contributed by atoms with van der Waals surface area (Å²) in [5.41, 5.74) is 20.7. The number of allylic oxidation sites excluding steroid dienone is 1. The molecule has 1 aliphatic rings. The fourth-order valence-electron chi connectivity index (χ4n) is 9.87. The number of aryl methyl sites for hydroxylation is 1. The topological polar surface area (TPSA) is 9.86 Å². The molecule has 0 unspecified atom stereocenters. The average Bonchev–Trinajstić information content (AvgIpc) is 3.88. The Morgan fingerprint density at radius 2 is 0.806 bits per heavy atom. The monoisotopic (exact) mass is 790 g/mol. The van der Waals surface area contributed by atoms with Crippen LogP contribution in [0.25, 0.3) is 106 Å². The molecule has 292 valence electrons. The lowest BCUT2D eigenvalue weighted by molar-refractivity contribution is 0.968. The molecule has 1 aliphatic carbocycles. The van der Waals surface area contributed by atoms with Crippen LogP contribution in [0, 0.1) is 0 Å². The molecule has 2 nitrogen and oxygen atoms in total. The van der Waals surface area contributed by atoms with Crippen LogP contribution in [0.3, 0.4) is 0 Å². The van der Waals surface area contributed by atoms with Gasteiger partial charge in [0.05, 0.1) is 16.6 Å². The molecule has 0 radical (unpaired) electrons. The summed E-state index contributed by atoms with van der Waals surface area (Å²) in [6, 6.07) is 80.1. The van der Waals surface area contributed by atoms with Crippen LogP contribution in [-0.2, 0) is 6.42 Å². The summed E-state index contributed by atoms with van der Waals surface area (Å²) >= 11 is 0. The molecule has 0 saturated heterocycles. The van der Waals surface area contributed by atoms with E-state index in [2.05, 4.69) is 240 Å². The largest absolute Gasteiger partial charge is 0.310 e. The molecule has 0 saturated carbocycles. The van der Waals surface area contributed by atoms with Crippen LogP contribution in [0.4, 0.5) is 0 Å². The SMILES string of the molecule is C1=Cc2c(c3cc(-c4cccc5c6ccccc6n(-c6cc(-c7ccccc7)cc(-c7ccccc7)c6)c45)ccc3n2-c2cc(-c3ccccc3)cc(-c3ccccc3)c2)CC1. The maximum absolute atomic E-state index is 2.51. The van der Waals surface area contributed by atoms with Gasteiger partial charge in [-0.15, -0.1) is 0 Å². The Hall–Kier alpha value is -7.94. The fourth-order valence-corrected chi connectivity index (χ4v) is 9.87. The van der Waals surface area contributed by atoms with Crippen molar-refractivity contribution in [2.45, 2.75) is 12.8 Å². The Morgan fingerprint density at radius 1 is 0.323 bits per heavy atom. The Bertz CT molecular complexity index is 3370. The third-order valence-corrected chi connectivity index (χ3v) is 12.7. The van der Waals surface area contributed by atoms with E-state index >= 15 is 0 Å². The zero-order chi connectivity index (χ0) is 41.0. The van der Waals surface area contributed by atoms with E-state index in [0.717, 1.165) is 18.5 Å². The first kappa shape index (κ1) is 36.0. The molecule has 0 atom stereocenters. The van der Waals surface area contributed by atoms with E-state index in [0.29, 0.717) is 0 Å². The van der Waals surface area contributed by atoms with Crippen molar-refractivity contribution in [1.29, 1.82) is 0 Å². The first-order valence-electron chi connectivity index (χ1n) is 21.6. The predicted octanol–water partition coefficient (Wildman–Crippen LogP) is 16.0. The Morgan fingerprint density at radius 3 is 1.37 bits per heavy atom. The molecule has 2 heteroatoms. The zero-order valence-electron chi connectivity index (χ0n) is 34.2. The van der Waals surface area contributed by atoms with Crippen LogP contribution in [0.5, 0.6) is 0 Å². The van der Waals surface area contributed by atoms with Crippen molar-refractivity contribution in [1.82, 2.24) is 9.13 Å². The second-order valence-corrected chi connectivity index (χ2v) is 16.4. The standard InChI is InChI=1S/C60H42N2/c1-5-18-41(19-6-1)46-34-47(42-20-7-2-8-21-42)37-50(36-46)61-57-30-15-14-27-54(57)56-40-45(32-33-59(56)61)52-28-17-29-55-53-26-13-16-31-58(53)62(60(52)55)51-38-48(43-22-9-3-10-23-43)35-49(39-51)44-24-11-4-12-25-44/h1-13,15-26,28-40H,14,27H2. The number of benzene rings is 9. The molecule has 2 heterocycles. The van der Waals surface area contributed by atoms with E-state index in [1.54, 1.807) is 0 Å². The Labute approximate surface area is 361 Å². The second-order valence-electron chi connectivity index (χ2n) is 16.4. The lowest BCUT2D eigenvalue weighted by atomic mass is 9.96. The Kier molecular flexibility index (Phi) is 8.67. The smallest absolute Gasteiger partial charge is 0.0619 e. The molecule has 62 heavy (non-hydrogen) atoms. The van der Waals surface area contributed by atoms with Crippen molar-refractivity contribution in [2.75, 3.05) is 0 Å². The highest BCUT2D eigenvalue weighted by molar-refractivity contribution is 6.14. The maximum Gasteiger partial charge on any atom is 0.0619 e. The number of hydrogen-bond donors (Lipinski definition) is 0. The molecule has 0 aliphatic heterocycles. The molecule has 9 aromatic carbocycles. The van der Waals surface area contributed by atoms with Crippen LogP contribution in [0.2, 0.25) is 0 Å². The van der Waals surface area contributed by atoms with Crippen molar-refractivity contribution in [3.05, 3.63) is 236 Å². The number of fused-ring (bicyclic) bond motifs is 6. The van der Waals surface area contributed by atoms with Crippen molar-refractivity contribution < 1.29 is 0 Å². The molecular weight excluding hydrogens is 749 g/mol. The molecule has 0 spiro atoms. The van der Waals surface area contributed by atoms with E-state index in [1.165, 1.54) is 105 Å². The Balaban J connectivity index is 1.09. The van der Waals surface area contributed by atoms with E-state index < -0.39 is 0 Å². The van der Waals surface area contributed by atoms with Gasteiger partial charge in [0.15, 0.2) is 0 Å². The van der Waals surface area contributed by atoms with E-state index in [9.17, 15) is 0 Å². The third kappa shape index (κ3) is 6.11. The van der Waals surface area contributed by atoms with Gasteiger partial charge >= 0.3 is 0 Å². The lowest BCUT2D eigenvalue weighted by Gasteiger charge is -2.16. The molecule has 2 aromatic heterocycles. The van der Waals surface area contributed by atoms with Gasteiger partial charge in [-0.1, -0.05) is 170 Å². The summed E-state index contributed by atoms with van der Waals surface area (Å²) in [6.07, 6.45) is 6.71. The third-order valence-electron chi connectivity index (χ3n) is 12.7. The fraction of sp³-hybridized carbons (Fsp3) is 0.0333. The summed E-state index contributed by atoms with van der Waals surface area (Å²) in [5, 5.41) is 3.81. The van der Waals surface area contributed by atoms with Gasteiger partial charge in [0.2, 0.25) is 0 Å². The van der Waals surface area contributed by atoms with Crippen LogP contribution < -0.4 is 0 Å². The van der Waals surface area contributed by atoms with Gasteiger partial charge in [-0.25, -0.2) is 0 Å². The molecule has 0 bridgehead atoms. The number of aromatic nitrogens is 2. The van der Waals surface area contributed by atoms with Gasteiger partial charge in [0.25, 0.3) is 0 Å². The minimum atomic E-state index is 1.00. The van der Waals surface area contributed by atoms with Crippen molar-refractivity contribution in [3.63, 3.8) is 0 Å². The predicted molar refractivity (Wildman–Crippen MR) is 262 cm³/mol. The normalized spacial score (nSPS) is 12.3. The van der Waals surface area contributed by atoms with Crippen molar-refractivity contribution in [2.24, 2.45) is 0 Å². The summed E-state index contributed by atoms with van der Waals surface area (Å²) in [4.78, 5) is 0. The minimum absolute atomic E-state index is 1.00. The highest BCUT2D eigenvalue weighted by atomic mass is 15.0. The van der Waals surface area contributed by atoms with Crippen molar-refractivity contribution >= 4 is 38.8 Å². The van der Waals surface area contributed by atoms with E-state index in [-0.39, 0.29) is 0 Å². The lowest BCUT2D eigenvalue weighted by Crippen LogP contribution is -2.01. The quantitative estimate of drug-likeness (QED) is 0.152. The number of nitrogens with zero attached hydrogens (tertiary/aromatic N) is 2. The van der Waals surface area contributed by atoms with Gasteiger partial charge in [0, 0.05) is 38.8 Å². The van der Waals surface area contributed by atoms with Gasteiger partial charge in [-0.3, -0.25) is 0 Å². The molecule has 0 amide bonds. The minimum Gasteiger partial charge on any atom is -0.310 e. The molecule has 11 aromatic rings. The second kappa shape index (κ2) is 15.0. The summed E-state index contributed by atoms with van der Waals surface area (Å²) in [5.74, 6) is 0. The van der Waals surface area contributed by atoms with Crippen LogP contribution in [-0.4, -0.2) is 9.13 Å². The number of rotatable bonds is 7. The van der Waals surface area contributed by atoms with Crippen molar-refractivity contribution in [3.8, 4) is 67.0 Å². The summed E-state index contributed by atoms with van der Waals surface area (Å²) in [7, 11) is 0. The number of para-hydroxylation sites is 2. The molecule has 0 fully saturated rings. The van der Waals surface area contributed by atoms with Gasteiger partial charge < -0.3 is 9.13 Å². The van der Waals surface area contributed by atoms with Gasteiger partial charge in [-0.05, 0) is 129 Å². The highest BCUT2D eigenvalue weighted by Gasteiger charge is 2.23. The van der Waals surface area contributed by atoms with Crippen LogP contribution in [0.1, 0.15) is 17.7 Å². The van der Waals surface area contributed by atoms with Crippen LogP contribution in [0.15, 0.2) is 224 Å². The van der Waals surface area contributed by atoms with Crippen LogP contribution >= 0.6 is 0 Å².